The highest BCUT2D eigenvalue weighted by molar-refractivity contribution is 5.78. The van der Waals surface area contributed by atoms with Gasteiger partial charge in [-0.1, -0.05) is 6.92 Å². The van der Waals surface area contributed by atoms with Crippen molar-refractivity contribution >= 4 is 23.9 Å². The predicted molar refractivity (Wildman–Crippen MR) is 82.7 cm³/mol. The summed E-state index contributed by atoms with van der Waals surface area (Å²) in [5.41, 5.74) is 0. The minimum atomic E-state index is -0.689. The van der Waals surface area contributed by atoms with Crippen LogP contribution in [0.4, 0.5) is 0 Å². The molecule has 0 aromatic rings. The van der Waals surface area contributed by atoms with Gasteiger partial charge in [0.05, 0.1) is 46.2 Å². The molecule has 0 aliphatic heterocycles. The van der Waals surface area contributed by atoms with Crippen LogP contribution in [-0.4, -0.2) is 52.3 Å². The molecular formula is C16H26O8. The molecule has 0 aliphatic carbocycles. The smallest absolute Gasteiger partial charge is 0.308 e. The summed E-state index contributed by atoms with van der Waals surface area (Å²) in [6.45, 7) is 1.63. The van der Waals surface area contributed by atoms with Crippen LogP contribution in [0.2, 0.25) is 0 Å². The summed E-state index contributed by atoms with van der Waals surface area (Å²) in [6.07, 6.45) is 0.485. The third kappa shape index (κ3) is 7.43. The lowest BCUT2D eigenvalue weighted by Crippen LogP contribution is -2.28. The number of hydrogen-bond donors (Lipinski definition) is 0. The number of ether oxygens (including phenoxy) is 4. The number of hydrogen-bond acceptors (Lipinski definition) is 8. The number of rotatable bonds is 10. The van der Waals surface area contributed by atoms with Crippen molar-refractivity contribution in [3.05, 3.63) is 0 Å². The van der Waals surface area contributed by atoms with Gasteiger partial charge in [0, 0.05) is 6.42 Å². The van der Waals surface area contributed by atoms with Crippen molar-refractivity contribution in [1.29, 1.82) is 0 Å². The van der Waals surface area contributed by atoms with Crippen LogP contribution < -0.4 is 0 Å². The van der Waals surface area contributed by atoms with Crippen LogP contribution in [0, 0.1) is 17.8 Å². The van der Waals surface area contributed by atoms with Crippen molar-refractivity contribution in [2.24, 2.45) is 17.8 Å². The van der Waals surface area contributed by atoms with Gasteiger partial charge in [0.2, 0.25) is 0 Å². The summed E-state index contributed by atoms with van der Waals surface area (Å²) in [6, 6.07) is 0. The van der Waals surface area contributed by atoms with Gasteiger partial charge in [-0.2, -0.15) is 0 Å². The van der Waals surface area contributed by atoms with Crippen molar-refractivity contribution in [3.8, 4) is 0 Å². The Balaban J connectivity index is 5.07. The topological polar surface area (TPSA) is 105 Å². The van der Waals surface area contributed by atoms with Crippen molar-refractivity contribution in [1.82, 2.24) is 0 Å². The second kappa shape index (κ2) is 11.4. The zero-order valence-corrected chi connectivity index (χ0v) is 14.8. The van der Waals surface area contributed by atoms with Gasteiger partial charge in [0.25, 0.3) is 0 Å². The first-order valence-electron chi connectivity index (χ1n) is 7.60. The molecule has 0 bridgehead atoms. The van der Waals surface area contributed by atoms with Crippen LogP contribution in [-0.2, 0) is 38.1 Å². The maximum Gasteiger partial charge on any atom is 0.308 e. The third-order valence-corrected chi connectivity index (χ3v) is 3.80. The minimum absolute atomic E-state index is 0.0245. The van der Waals surface area contributed by atoms with Gasteiger partial charge in [-0.05, 0) is 19.3 Å². The molecule has 0 aromatic heterocycles. The maximum absolute atomic E-state index is 12.0. The minimum Gasteiger partial charge on any atom is -0.469 e. The van der Waals surface area contributed by atoms with Gasteiger partial charge in [-0.3, -0.25) is 19.2 Å². The Bertz CT molecular complexity index is 445. The average molecular weight is 346 g/mol. The molecule has 3 atom stereocenters. The molecule has 0 amide bonds. The lowest BCUT2D eigenvalue weighted by atomic mass is 9.85. The Morgan fingerprint density at radius 1 is 0.708 bits per heavy atom. The summed E-state index contributed by atoms with van der Waals surface area (Å²) >= 11 is 0. The second-order valence-corrected chi connectivity index (χ2v) is 5.45. The zero-order chi connectivity index (χ0) is 18.7. The van der Waals surface area contributed by atoms with Crippen molar-refractivity contribution in [2.75, 3.05) is 28.4 Å². The monoisotopic (exact) mass is 346 g/mol. The fraction of sp³-hybridized carbons (Fsp3) is 0.750. The molecule has 24 heavy (non-hydrogen) atoms. The molecule has 0 aromatic carbocycles. The number of carbonyl (C=O) groups excluding carboxylic acids is 4. The first-order valence-corrected chi connectivity index (χ1v) is 7.60. The number of methoxy groups -OCH3 is 4. The van der Waals surface area contributed by atoms with Crippen molar-refractivity contribution in [2.45, 2.75) is 32.6 Å². The zero-order valence-electron chi connectivity index (χ0n) is 14.8. The molecule has 0 aliphatic rings. The molecule has 8 nitrogen and oxygen atoms in total. The van der Waals surface area contributed by atoms with E-state index in [0.29, 0.717) is 0 Å². The van der Waals surface area contributed by atoms with E-state index in [2.05, 4.69) is 9.47 Å². The maximum atomic E-state index is 12.0. The molecule has 0 saturated heterocycles. The SMILES string of the molecule is COC(=O)CCC(CC(CC(C)C(=O)OC)C(=O)OC)C(=O)OC. The summed E-state index contributed by atoms with van der Waals surface area (Å²) < 4.78 is 18.7. The highest BCUT2D eigenvalue weighted by Crippen LogP contribution is 2.26. The van der Waals surface area contributed by atoms with Crippen molar-refractivity contribution < 1.29 is 38.1 Å². The molecule has 3 unspecified atom stereocenters. The highest BCUT2D eigenvalue weighted by atomic mass is 16.5. The molecular weight excluding hydrogens is 320 g/mol. The van der Waals surface area contributed by atoms with E-state index in [4.69, 9.17) is 9.47 Å². The van der Waals surface area contributed by atoms with Crippen LogP contribution in [0.25, 0.3) is 0 Å². The van der Waals surface area contributed by atoms with Gasteiger partial charge in [-0.25, -0.2) is 0 Å². The molecule has 0 spiro atoms. The van der Waals surface area contributed by atoms with Crippen LogP contribution >= 0.6 is 0 Å². The van der Waals surface area contributed by atoms with Crippen LogP contribution in [0.1, 0.15) is 32.6 Å². The summed E-state index contributed by atoms with van der Waals surface area (Å²) in [5.74, 6) is -3.86. The normalized spacial score (nSPS) is 14.0. The Morgan fingerprint density at radius 2 is 1.21 bits per heavy atom. The number of carbonyl (C=O) groups is 4. The van der Waals surface area contributed by atoms with Gasteiger partial charge < -0.3 is 18.9 Å². The molecule has 138 valence electrons. The largest absolute Gasteiger partial charge is 0.469 e. The van der Waals surface area contributed by atoms with Crippen molar-refractivity contribution in [3.63, 3.8) is 0 Å². The van der Waals surface area contributed by atoms with E-state index >= 15 is 0 Å². The van der Waals surface area contributed by atoms with E-state index in [1.807, 2.05) is 0 Å². The molecule has 0 heterocycles. The van der Waals surface area contributed by atoms with E-state index in [1.165, 1.54) is 28.4 Å². The summed E-state index contributed by atoms with van der Waals surface area (Å²) in [7, 11) is 4.99. The Hall–Kier alpha value is -2.12. The second-order valence-electron chi connectivity index (χ2n) is 5.45. The Kier molecular flexibility index (Phi) is 10.4. The summed E-state index contributed by atoms with van der Waals surface area (Å²) in [4.78, 5) is 46.7. The van der Waals surface area contributed by atoms with Gasteiger partial charge in [-0.15, -0.1) is 0 Å². The van der Waals surface area contributed by atoms with E-state index < -0.39 is 41.6 Å². The quantitative estimate of drug-likeness (QED) is 0.428. The van der Waals surface area contributed by atoms with Crippen LogP contribution in [0.15, 0.2) is 0 Å². The molecule has 0 saturated carbocycles. The van der Waals surface area contributed by atoms with Crippen LogP contribution in [0.3, 0.4) is 0 Å². The first-order chi connectivity index (χ1) is 11.3. The molecule has 8 heteroatoms. The fourth-order valence-electron chi connectivity index (χ4n) is 2.42. The van der Waals surface area contributed by atoms with E-state index in [1.54, 1.807) is 6.92 Å². The molecule has 0 N–H and O–H groups in total. The Morgan fingerprint density at radius 3 is 1.67 bits per heavy atom. The highest BCUT2D eigenvalue weighted by Gasteiger charge is 2.32. The summed E-state index contributed by atoms with van der Waals surface area (Å²) in [5, 5.41) is 0. The average Bonchev–Trinajstić information content (AvgIpc) is 2.61. The van der Waals surface area contributed by atoms with Gasteiger partial charge >= 0.3 is 23.9 Å². The van der Waals surface area contributed by atoms with E-state index in [0.717, 1.165) is 0 Å². The number of esters is 4. The molecule has 0 rings (SSSR count). The van der Waals surface area contributed by atoms with Gasteiger partial charge in [0.15, 0.2) is 0 Å². The first kappa shape index (κ1) is 21.9. The Labute approximate surface area is 141 Å². The lowest BCUT2D eigenvalue weighted by molar-refractivity contribution is -0.151. The predicted octanol–water partition coefficient (Wildman–Crippen LogP) is 1.11. The molecule has 0 fully saturated rings. The van der Waals surface area contributed by atoms with E-state index in [9.17, 15) is 19.2 Å². The third-order valence-electron chi connectivity index (χ3n) is 3.80. The standard InChI is InChI=1S/C16H26O8/c1-10(14(18)22-3)8-12(16(20)24-5)9-11(15(19)23-4)6-7-13(17)21-2/h10-12H,6-9H2,1-5H3. The van der Waals surface area contributed by atoms with Gasteiger partial charge in [0.1, 0.15) is 0 Å². The van der Waals surface area contributed by atoms with E-state index in [-0.39, 0.29) is 25.7 Å². The fourth-order valence-corrected chi connectivity index (χ4v) is 2.42. The molecule has 0 radical (unpaired) electrons. The lowest BCUT2D eigenvalue weighted by Gasteiger charge is -2.22. The van der Waals surface area contributed by atoms with Crippen LogP contribution in [0.5, 0.6) is 0 Å².